The van der Waals surface area contributed by atoms with Crippen LogP contribution in [0.5, 0.6) is 0 Å². The maximum absolute atomic E-state index is 4.47. The Balaban J connectivity index is 1.92. The topological polar surface area (TPSA) is 50.7 Å². The van der Waals surface area contributed by atoms with Crippen LogP contribution < -0.4 is 5.32 Å². The Bertz CT molecular complexity index is 482. The van der Waals surface area contributed by atoms with E-state index in [1.54, 1.807) is 23.7 Å². The fraction of sp³-hybridized carbons (Fsp3) is 0.364. The lowest BCUT2D eigenvalue weighted by Gasteiger charge is -2.09. The van der Waals surface area contributed by atoms with Crippen LogP contribution in [-0.4, -0.2) is 21.5 Å². The lowest BCUT2D eigenvalue weighted by molar-refractivity contribution is 0.784. The number of nitrogens with zero attached hydrogens (tertiary/aromatic N) is 3. The maximum Gasteiger partial charge on any atom is 0.222 e. The van der Waals surface area contributed by atoms with Crippen LogP contribution in [-0.2, 0) is 0 Å². The molecular formula is C11H13BrN4S. The lowest BCUT2D eigenvalue weighted by atomic mass is 10.2. The molecule has 0 radical (unpaired) electrons. The molecule has 2 aromatic heterocycles. The minimum Gasteiger partial charge on any atom is -0.354 e. The van der Waals surface area contributed by atoms with Gasteiger partial charge in [0.15, 0.2) is 0 Å². The van der Waals surface area contributed by atoms with E-state index < -0.39 is 0 Å². The van der Waals surface area contributed by atoms with Crippen molar-refractivity contribution in [2.45, 2.75) is 19.8 Å². The molecule has 0 aliphatic heterocycles. The fourth-order valence-electron chi connectivity index (χ4n) is 1.33. The molecule has 2 heterocycles. The Labute approximate surface area is 113 Å². The molecule has 0 saturated heterocycles. The second kappa shape index (κ2) is 5.55. The number of hydrogen-bond donors (Lipinski definition) is 1. The Hall–Kier alpha value is -1.01. The third-order valence-corrected chi connectivity index (χ3v) is 3.85. The first-order chi connectivity index (χ1) is 8.15. The molecule has 0 fully saturated rings. The molecule has 90 valence electrons. The first-order valence-electron chi connectivity index (χ1n) is 5.28. The Morgan fingerprint density at radius 3 is 2.71 bits per heavy atom. The van der Waals surface area contributed by atoms with Gasteiger partial charge in [0.25, 0.3) is 0 Å². The normalized spacial score (nSPS) is 12.4. The predicted octanol–water partition coefficient (Wildman–Crippen LogP) is 3.22. The Kier molecular flexibility index (Phi) is 4.06. The predicted molar refractivity (Wildman–Crippen MR) is 73.5 cm³/mol. The summed E-state index contributed by atoms with van der Waals surface area (Å²) in [5.74, 6) is 1.01. The van der Waals surface area contributed by atoms with Crippen LogP contribution in [0.3, 0.4) is 0 Å². The number of thiazole rings is 1. The summed E-state index contributed by atoms with van der Waals surface area (Å²) in [5.41, 5.74) is 1.08. The maximum atomic E-state index is 4.47. The third-order valence-electron chi connectivity index (χ3n) is 2.25. The lowest BCUT2D eigenvalue weighted by Crippen LogP contribution is -2.11. The monoisotopic (exact) mass is 312 g/mol. The molecule has 1 N–H and O–H groups in total. The molecule has 0 aromatic carbocycles. The van der Waals surface area contributed by atoms with Crippen molar-refractivity contribution in [1.82, 2.24) is 15.0 Å². The van der Waals surface area contributed by atoms with Gasteiger partial charge < -0.3 is 5.32 Å². The van der Waals surface area contributed by atoms with Crippen molar-refractivity contribution in [1.29, 1.82) is 0 Å². The summed E-state index contributed by atoms with van der Waals surface area (Å²) in [6.07, 6.45) is 3.46. The number of halogens is 1. The van der Waals surface area contributed by atoms with Crippen molar-refractivity contribution in [3.63, 3.8) is 0 Å². The zero-order valence-corrected chi connectivity index (χ0v) is 12.0. The summed E-state index contributed by atoms with van der Waals surface area (Å²) in [5, 5.41) is 6.42. The summed E-state index contributed by atoms with van der Waals surface area (Å²) in [7, 11) is 0. The van der Waals surface area contributed by atoms with Crippen molar-refractivity contribution in [2.75, 3.05) is 11.9 Å². The summed E-state index contributed by atoms with van der Waals surface area (Å²) in [6.45, 7) is 4.94. The molecule has 0 aliphatic carbocycles. The smallest absolute Gasteiger partial charge is 0.222 e. The van der Waals surface area contributed by atoms with Gasteiger partial charge in [-0.2, -0.15) is 0 Å². The zero-order chi connectivity index (χ0) is 12.3. The van der Waals surface area contributed by atoms with Gasteiger partial charge in [-0.05, 0) is 22.9 Å². The second-order valence-corrected chi connectivity index (χ2v) is 5.64. The number of anilines is 1. The van der Waals surface area contributed by atoms with Gasteiger partial charge in [0.2, 0.25) is 5.95 Å². The van der Waals surface area contributed by atoms with Gasteiger partial charge in [-0.25, -0.2) is 15.0 Å². The van der Waals surface area contributed by atoms with Crippen molar-refractivity contribution in [3.8, 4) is 0 Å². The van der Waals surface area contributed by atoms with E-state index in [4.69, 9.17) is 0 Å². The highest BCUT2D eigenvalue weighted by molar-refractivity contribution is 9.10. The Morgan fingerprint density at radius 2 is 2.12 bits per heavy atom. The van der Waals surface area contributed by atoms with Crippen LogP contribution in [0, 0.1) is 6.92 Å². The highest BCUT2D eigenvalue weighted by Crippen LogP contribution is 2.19. The van der Waals surface area contributed by atoms with Gasteiger partial charge in [0, 0.05) is 35.9 Å². The van der Waals surface area contributed by atoms with Crippen LogP contribution in [0.2, 0.25) is 0 Å². The van der Waals surface area contributed by atoms with Crippen molar-refractivity contribution in [2.24, 2.45) is 0 Å². The molecule has 0 spiro atoms. The molecule has 17 heavy (non-hydrogen) atoms. The molecular weight excluding hydrogens is 300 g/mol. The van der Waals surface area contributed by atoms with Gasteiger partial charge in [-0.1, -0.05) is 6.92 Å². The SMILES string of the molecule is Cc1csc(C(C)CNc2ncc(Br)cn2)n1. The molecule has 1 unspecified atom stereocenters. The van der Waals surface area contributed by atoms with Crippen molar-refractivity contribution < 1.29 is 0 Å². The highest BCUT2D eigenvalue weighted by Gasteiger charge is 2.09. The van der Waals surface area contributed by atoms with Crippen LogP contribution in [0.15, 0.2) is 22.2 Å². The number of hydrogen-bond acceptors (Lipinski definition) is 5. The fourth-order valence-corrected chi connectivity index (χ4v) is 2.39. The standard InChI is InChI=1S/C11H13BrN4S/c1-7(10-16-8(2)6-17-10)3-13-11-14-4-9(12)5-15-11/h4-7H,3H2,1-2H3,(H,13,14,15). The molecule has 0 bridgehead atoms. The van der Waals surface area contributed by atoms with Crippen LogP contribution in [0.4, 0.5) is 5.95 Å². The van der Waals surface area contributed by atoms with Crippen LogP contribution in [0.25, 0.3) is 0 Å². The number of rotatable bonds is 4. The van der Waals surface area contributed by atoms with E-state index in [0.717, 1.165) is 21.7 Å². The minimum absolute atomic E-state index is 0.362. The zero-order valence-electron chi connectivity index (χ0n) is 9.64. The summed E-state index contributed by atoms with van der Waals surface area (Å²) in [4.78, 5) is 12.8. The molecule has 2 aromatic rings. The average molecular weight is 313 g/mol. The number of aryl methyl sites for hydroxylation is 1. The van der Waals surface area contributed by atoms with Gasteiger partial charge in [-0.3, -0.25) is 0 Å². The van der Waals surface area contributed by atoms with E-state index in [-0.39, 0.29) is 0 Å². The molecule has 1 atom stereocenters. The number of aromatic nitrogens is 3. The Morgan fingerprint density at radius 1 is 1.41 bits per heavy atom. The molecule has 2 rings (SSSR count). The third kappa shape index (κ3) is 3.47. The molecule has 0 saturated carbocycles. The first-order valence-corrected chi connectivity index (χ1v) is 6.96. The van der Waals surface area contributed by atoms with Crippen LogP contribution >= 0.6 is 27.3 Å². The van der Waals surface area contributed by atoms with E-state index in [1.165, 1.54) is 0 Å². The van der Waals surface area contributed by atoms with Crippen molar-refractivity contribution >= 4 is 33.2 Å². The average Bonchev–Trinajstić information content (AvgIpc) is 2.75. The first kappa shape index (κ1) is 12.4. The highest BCUT2D eigenvalue weighted by atomic mass is 79.9. The van der Waals surface area contributed by atoms with Crippen molar-refractivity contribution in [3.05, 3.63) is 32.9 Å². The van der Waals surface area contributed by atoms with Gasteiger partial charge >= 0.3 is 0 Å². The van der Waals surface area contributed by atoms with E-state index in [9.17, 15) is 0 Å². The minimum atomic E-state index is 0.362. The van der Waals surface area contributed by atoms with E-state index >= 15 is 0 Å². The summed E-state index contributed by atoms with van der Waals surface area (Å²) in [6, 6.07) is 0. The van der Waals surface area contributed by atoms with E-state index in [1.807, 2.05) is 6.92 Å². The molecule has 0 aliphatic rings. The largest absolute Gasteiger partial charge is 0.354 e. The van der Waals surface area contributed by atoms with Crippen LogP contribution in [0.1, 0.15) is 23.5 Å². The van der Waals surface area contributed by atoms with Gasteiger partial charge in [0.05, 0.1) is 9.48 Å². The second-order valence-electron chi connectivity index (χ2n) is 3.83. The molecule has 0 amide bonds. The number of nitrogens with one attached hydrogen (secondary N) is 1. The molecule has 6 heteroatoms. The van der Waals surface area contributed by atoms with Gasteiger partial charge in [0.1, 0.15) is 0 Å². The summed E-state index contributed by atoms with van der Waals surface area (Å²) < 4.78 is 0.881. The van der Waals surface area contributed by atoms with E-state index in [0.29, 0.717) is 11.9 Å². The summed E-state index contributed by atoms with van der Waals surface area (Å²) >= 11 is 5.00. The molecule has 4 nitrogen and oxygen atoms in total. The van der Waals surface area contributed by atoms with E-state index in [2.05, 4.69) is 48.5 Å². The quantitative estimate of drug-likeness (QED) is 0.941. The van der Waals surface area contributed by atoms with Gasteiger partial charge in [-0.15, -0.1) is 11.3 Å².